The van der Waals surface area contributed by atoms with Crippen LogP contribution in [0.2, 0.25) is 0 Å². The van der Waals surface area contributed by atoms with Crippen LogP contribution in [0.3, 0.4) is 0 Å². The van der Waals surface area contributed by atoms with Gasteiger partial charge in [0.1, 0.15) is 36.3 Å². The van der Waals surface area contributed by atoms with E-state index in [-0.39, 0.29) is 5.75 Å². The van der Waals surface area contributed by atoms with Gasteiger partial charge in [-0.2, -0.15) is 0 Å². The van der Waals surface area contributed by atoms with Crippen molar-refractivity contribution in [2.75, 3.05) is 6.61 Å². The number of aliphatic hydroxyl groups is 2. The van der Waals surface area contributed by atoms with Crippen molar-refractivity contribution >= 4 is 0 Å². The molecule has 0 aliphatic carbocycles. The Morgan fingerprint density at radius 3 is 2.40 bits per heavy atom. The maximum absolute atomic E-state index is 10.2. The number of unbranched alkanes of at least 4 members (excludes halogenated alkanes) is 1. The highest BCUT2D eigenvalue weighted by Gasteiger charge is 2.48. The van der Waals surface area contributed by atoms with E-state index in [1.165, 1.54) is 18.6 Å². The zero-order valence-electron chi connectivity index (χ0n) is 14.7. The minimum atomic E-state index is -1.09. The van der Waals surface area contributed by atoms with Crippen molar-refractivity contribution in [1.82, 2.24) is 0 Å². The fourth-order valence-corrected chi connectivity index (χ4v) is 2.88. The summed E-state index contributed by atoms with van der Waals surface area (Å²) in [5, 5.41) is 29.7. The molecule has 2 fully saturated rings. The molecule has 0 aromatic heterocycles. The summed E-state index contributed by atoms with van der Waals surface area (Å²) in [6.45, 7) is 7.74. The molecule has 2 aliphatic rings. The second-order valence-electron chi connectivity index (χ2n) is 6.25. The number of ether oxygens (including phenoxy) is 3. The van der Waals surface area contributed by atoms with Crippen LogP contribution >= 0.6 is 0 Å². The van der Waals surface area contributed by atoms with E-state index in [1.807, 2.05) is 6.08 Å². The first kappa shape index (κ1) is 19.9. The summed E-state index contributed by atoms with van der Waals surface area (Å²) in [4.78, 5) is 0. The van der Waals surface area contributed by atoms with E-state index in [2.05, 4.69) is 13.5 Å². The number of phenols is 1. The number of benzene rings is 1. The van der Waals surface area contributed by atoms with E-state index in [1.54, 1.807) is 19.1 Å². The minimum Gasteiger partial charge on any atom is -0.508 e. The summed E-state index contributed by atoms with van der Waals surface area (Å²) in [7, 11) is 0. The molecule has 1 aromatic rings. The van der Waals surface area contributed by atoms with Crippen LogP contribution in [-0.4, -0.2) is 52.6 Å². The zero-order valence-corrected chi connectivity index (χ0v) is 14.7. The Bertz CT molecular complexity index is 529. The third-order valence-corrected chi connectivity index (χ3v) is 4.24. The first-order valence-corrected chi connectivity index (χ1v) is 8.66. The number of allylic oxidation sites excluding steroid dienone is 1. The van der Waals surface area contributed by atoms with Crippen molar-refractivity contribution in [3.8, 4) is 5.75 Å². The van der Waals surface area contributed by atoms with Gasteiger partial charge in [0.25, 0.3) is 0 Å². The molecule has 6 atom stereocenters. The van der Waals surface area contributed by atoms with Crippen LogP contribution in [0.25, 0.3) is 0 Å². The van der Waals surface area contributed by atoms with E-state index < -0.39 is 36.8 Å². The average molecular weight is 352 g/mol. The molecule has 6 heteroatoms. The third-order valence-electron chi connectivity index (χ3n) is 4.24. The Morgan fingerprint density at radius 1 is 1.16 bits per heavy atom. The number of fused-ring (bicyclic) bond motifs is 1. The molecule has 3 rings (SSSR count). The van der Waals surface area contributed by atoms with Crippen molar-refractivity contribution in [1.29, 1.82) is 0 Å². The van der Waals surface area contributed by atoms with Gasteiger partial charge < -0.3 is 29.5 Å². The van der Waals surface area contributed by atoms with E-state index in [4.69, 9.17) is 14.2 Å². The van der Waals surface area contributed by atoms with Gasteiger partial charge in [0.05, 0.1) is 6.61 Å². The van der Waals surface area contributed by atoms with Crippen LogP contribution in [0, 0.1) is 0 Å². The largest absolute Gasteiger partial charge is 0.508 e. The van der Waals surface area contributed by atoms with Crippen LogP contribution in [0.1, 0.15) is 38.4 Å². The number of aliphatic hydroxyl groups excluding tert-OH is 2. The van der Waals surface area contributed by atoms with Gasteiger partial charge in [-0.1, -0.05) is 31.6 Å². The third kappa shape index (κ3) is 5.03. The number of hydrogen-bond donors (Lipinski definition) is 3. The molecule has 0 radical (unpaired) electrons. The molecule has 2 heterocycles. The Hall–Kier alpha value is -1.44. The van der Waals surface area contributed by atoms with Crippen molar-refractivity contribution in [2.24, 2.45) is 0 Å². The van der Waals surface area contributed by atoms with Crippen molar-refractivity contribution < 1.29 is 29.5 Å². The van der Waals surface area contributed by atoms with Crippen LogP contribution < -0.4 is 0 Å². The van der Waals surface area contributed by atoms with Crippen molar-refractivity contribution in [2.45, 2.75) is 63.5 Å². The van der Waals surface area contributed by atoms with E-state index in [0.29, 0.717) is 12.2 Å². The highest BCUT2D eigenvalue weighted by molar-refractivity contribution is 5.28. The summed E-state index contributed by atoms with van der Waals surface area (Å²) < 4.78 is 16.6. The standard InChI is InChI=1S/C14H18O6.C5H10/c1-7-18-6-10-14(19-7)12(17)11(16)13(20-10)8-2-4-9(15)5-3-8;1-3-5-4-2/h2-5,7,10-17H,6H2,1H3;3H,1,4-5H2,2H3. The molecule has 0 bridgehead atoms. The van der Waals surface area contributed by atoms with Crippen molar-refractivity contribution in [3.63, 3.8) is 0 Å². The molecule has 6 unspecified atom stereocenters. The highest BCUT2D eigenvalue weighted by Crippen LogP contribution is 2.36. The predicted octanol–water partition coefficient (Wildman–Crippen LogP) is 2.29. The lowest BCUT2D eigenvalue weighted by molar-refractivity contribution is -0.322. The van der Waals surface area contributed by atoms with Gasteiger partial charge in [-0.3, -0.25) is 0 Å². The maximum atomic E-state index is 10.2. The van der Waals surface area contributed by atoms with E-state index >= 15 is 0 Å². The molecule has 6 nitrogen and oxygen atoms in total. The predicted molar refractivity (Wildman–Crippen MR) is 93.1 cm³/mol. The van der Waals surface area contributed by atoms with Crippen molar-refractivity contribution in [3.05, 3.63) is 42.5 Å². The lowest BCUT2D eigenvalue weighted by Gasteiger charge is -2.46. The summed E-state index contributed by atoms with van der Waals surface area (Å²) in [6, 6.07) is 6.34. The number of phenolic OH excluding ortho intramolecular Hbond substituents is 1. The van der Waals surface area contributed by atoms with Crippen LogP contribution in [0.5, 0.6) is 5.75 Å². The molecule has 25 heavy (non-hydrogen) atoms. The summed E-state index contributed by atoms with van der Waals surface area (Å²) in [5.41, 5.74) is 0.687. The normalized spacial score (nSPS) is 34.4. The molecule has 0 saturated carbocycles. The molecule has 0 amide bonds. The molecular formula is C19H28O6. The summed E-state index contributed by atoms with van der Waals surface area (Å²) in [6.07, 6.45) is 0.0543. The van der Waals surface area contributed by atoms with Gasteiger partial charge in [-0.15, -0.1) is 6.58 Å². The molecular weight excluding hydrogens is 324 g/mol. The smallest absolute Gasteiger partial charge is 0.155 e. The minimum absolute atomic E-state index is 0.135. The zero-order chi connectivity index (χ0) is 18.4. The fourth-order valence-electron chi connectivity index (χ4n) is 2.88. The first-order valence-electron chi connectivity index (χ1n) is 8.66. The summed E-state index contributed by atoms with van der Waals surface area (Å²) >= 11 is 0. The van der Waals surface area contributed by atoms with Gasteiger partial charge in [-0.25, -0.2) is 0 Å². The second kappa shape index (κ2) is 9.31. The van der Waals surface area contributed by atoms with Gasteiger partial charge in [0.2, 0.25) is 0 Å². The van der Waals surface area contributed by atoms with Gasteiger partial charge >= 0.3 is 0 Å². The average Bonchev–Trinajstić information content (AvgIpc) is 2.61. The van der Waals surface area contributed by atoms with Crippen LogP contribution in [-0.2, 0) is 14.2 Å². The molecule has 2 saturated heterocycles. The SMILES string of the molecule is C=CCCC.CC1OCC2OC(c3ccc(O)cc3)C(O)C(O)C2O1. The Balaban J connectivity index is 0.000000399. The lowest BCUT2D eigenvalue weighted by Crippen LogP contribution is -2.59. The fraction of sp³-hybridized carbons (Fsp3) is 0.579. The van der Waals surface area contributed by atoms with Gasteiger partial charge in [-0.05, 0) is 31.0 Å². The lowest BCUT2D eigenvalue weighted by atomic mass is 9.91. The second-order valence-corrected chi connectivity index (χ2v) is 6.25. The van der Waals surface area contributed by atoms with Crippen LogP contribution in [0.4, 0.5) is 0 Å². The highest BCUT2D eigenvalue weighted by atomic mass is 16.7. The molecule has 2 aliphatic heterocycles. The van der Waals surface area contributed by atoms with Gasteiger partial charge in [0.15, 0.2) is 6.29 Å². The van der Waals surface area contributed by atoms with Gasteiger partial charge in [0, 0.05) is 0 Å². The van der Waals surface area contributed by atoms with E-state index in [9.17, 15) is 15.3 Å². The monoisotopic (exact) mass is 352 g/mol. The Labute approximate surface area is 148 Å². The molecule has 1 aromatic carbocycles. The quantitative estimate of drug-likeness (QED) is 0.724. The number of hydrogen-bond acceptors (Lipinski definition) is 6. The Kier molecular flexibility index (Phi) is 7.40. The van der Waals surface area contributed by atoms with E-state index in [0.717, 1.165) is 6.42 Å². The number of aromatic hydroxyl groups is 1. The molecule has 140 valence electrons. The molecule has 3 N–H and O–H groups in total. The number of rotatable bonds is 3. The summed E-state index contributed by atoms with van der Waals surface area (Å²) in [5.74, 6) is 0.135. The first-order chi connectivity index (χ1) is 12.0. The topological polar surface area (TPSA) is 88.4 Å². The van der Waals surface area contributed by atoms with Crippen LogP contribution in [0.15, 0.2) is 36.9 Å². The Morgan fingerprint density at radius 2 is 1.84 bits per heavy atom. The molecule has 0 spiro atoms. The maximum Gasteiger partial charge on any atom is 0.155 e.